The van der Waals surface area contributed by atoms with Crippen LogP contribution in [0.25, 0.3) is 10.9 Å². The fraction of sp³-hybridized carbons (Fsp3) is 0.172. The lowest BCUT2D eigenvalue weighted by Gasteiger charge is -2.14. The molecule has 2 aromatic heterocycles. The van der Waals surface area contributed by atoms with Crippen molar-refractivity contribution >= 4 is 39.9 Å². The van der Waals surface area contributed by atoms with Crippen molar-refractivity contribution in [2.24, 2.45) is 0 Å². The molecule has 204 valence electrons. The monoisotopic (exact) mass is 558 g/mol. The van der Waals surface area contributed by atoms with Crippen LogP contribution < -0.4 is 24.8 Å². The molecule has 0 aliphatic rings. The van der Waals surface area contributed by atoms with Crippen LogP contribution in [0, 0.1) is 0 Å². The molecule has 10 nitrogen and oxygen atoms in total. The quantitative estimate of drug-likeness (QED) is 0.199. The minimum Gasteiger partial charge on any atom is -0.493 e. The highest BCUT2D eigenvalue weighted by atomic mass is 35.5. The maximum Gasteiger partial charge on any atom is 0.323 e. The van der Waals surface area contributed by atoms with Crippen molar-refractivity contribution in [3.63, 3.8) is 0 Å². The first-order chi connectivity index (χ1) is 19.4. The second-order valence-corrected chi connectivity index (χ2v) is 9.51. The van der Waals surface area contributed by atoms with Crippen LogP contribution in [0.4, 0.5) is 16.2 Å². The zero-order valence-corrected chi connectivity index (χ0v) is 22.8. The molecule has 40 heavy (non-hydrogen) atoms. The first-order valence-corrected chi connectivity index (χ1v) is 12.9. The molecule has 0 unspecified atom stereocenters. The van der Waals surface area contributed by atoms with Crippen LogP contribution in [0.15, 0.2) is 79.4 Å². The maximum absolute atomic E-state index is 12.5. The highest BCUT2D eigenvalue weighted by Crippen LogP contribution is 2.37. The van der Waals surface area contributed by atoms with Gasteiger partial charge in [0, 0.05) is 24.4 Å². The summed E-state index contributed by atoms with van der Waals surface area (Å²) in [6, 6.07) is 18.1. The smallest absolute Gasteiger partial charge is 0.323 e. The first-order valence-electron chi connectivity index (χ1n) is 12.5. The van der Waals surface area contributed by atoms with E-state index in [1.165, 1.54) is 6.33 Å². The van der Waals surface area contributed by atoms with Crippen molar-refractivity contribution in [2.75, 3.05) is 17.7 Å². The molecule has 11 heteroatoms. The Morgan fingerprint density at radius 2 is 1.85 bits per heavy atom. The number of hydrogen-bond acceptors (Lipinski definition) is 7. The van der Waals surface area contributed by atoms with Crippen molar-refractivity contribution in [2.45, 2.75) is 26.5 Å². The van der Waals surface area contributed by atoms with Crippen molar-refractivity contribution < 1.29 is 19.0 Å². The van der Waals surface area contributed by atoms with E-state index in [0.29, 0.717) is 52.0 Å². The third-order valence-corrected chi connectivity index (χ3v) is 6.23. The van der Waals surface area contributed by atoms with E-state index in [0.717, 1.165) is 5.56 Å². The lowest BCUT2D eigenvalue weighted by molar-refractivity contribution is 0.262. The number of carbonyl (C=O) groups excluding carboxylic acids is 1. The maximum atomic E-state index is 12.5. The van der Waals surface area contributed by atoms with Gasteiger partial charge >= 0.3 is 6.03 Å². The van der Waals surface area contributed by atoms with Crippen LogP contribution in [0.1, 0.15) is 25.5 Å². The lowest BCUT2D eigenvalue weighted by Crippen LogP contribution is -2.19. The molecular weight excluding hydrogens is 532 g/mol. The standard InChI is InChI=1S/C29H27ClN6O4/c1-18(2)36-15-20(14-33-36)34-29(37)35-24-10-9-21(11-23(24)30)40-28-22-12-26(38-3)27(13-25(22)31-17-32-28)39-16-19-7-5-4-6-8-19/h4-15,17-18H,16H2,1-3H3,(H2,34,35,37). The molecule has 0 fully saturated rings. The summed E-state index contributed by atoms with van der Waals surface area (Å²) >= 11 is 6.45. The fourth-order valence-electron chi connectivity index (χ4n) is 3.87. The predicted molar refractivity (Wildman–Crippen MR) is 154 cm³/mol. The number of aromatic nitrogens is 4. The Morgan fingerprint density at radius 1 is 1.02 bits per heavy atom. The van der Waals surface area contributed by atoms with Crippen LogP contribution in [-0.4, -0.2) is 32.9 Å². The van der Waals surface area contributed by atoms with Gasteiger partial charge in [-0.1, -0.05) is 41.9 Å². The van der Waals surface area contributed by atoms with Crippen LogP contribution in [0.5, 0.6) is 23.1 Å². The minimum atomic E-state index is -0.446. The van der Waals surface area contributed by atoms with E-state index in [1.807, 2.05) is 44.2 Å². The van der Waals surface area contributed by atoms with Gasteiger partial charge in [0.1, 0.15) is 18.7 Å². The molecular formula is C29H27ClN6O4. The average Bonchev–Trinajstić information content (AvgIpc) is 3.42. The van der Waals surface area contributed by atoms with Gasteiger partial charge in [0.05, 0.1) is 40.6 Å². The molecule has 2 amide bonds. The number of benzene rings is 3. The van der Waals surface area contributed by atoms with E-state index >= 15 is 0 Å². The second kappa shape index (κ2) is 11.9. The van der Waals surface area contributed by atoms with E-state index < -0.39 is 6.03 Å². The van der Waals surface area contributed by atoms with Crippen LogP contribution in [0.3, 0.4) is 0 Å². The van der Waals surface area contributed by atoms with Crippen molar-refractivity contribution in [3.05, 3.63) is 90.0 Å². The minimum absolute atomic E-state index is 0.184. The predicted octanol–water partition coefficient (Wildman–Crippen LogP) is 7.08. The number of halogens is 1. The summed E-state index contributed by atoms with van der Waals surface area (Å²) in [4.78, 5) is 21.1. The van der Waals surface area contributed by atoms with Crippen molar-refractivity contribution in [1.82, 2.24) is 19.7 Å². The van der Waals surface area contributed by atoms with Gasteiger partial charge in [-0.05, 0) is 37.6 Å². The van der Waals surface area contributed by atoms with Crippen LogP contribution in [-0.2, 0) is 6.61 Å². The van der Waals surface area contributed by atoms with Gasteiger partial charge in [0.15, 0.2) is 11.5 Å². The van der Waals surface area contributed by atoms with Gasteiger partial charge < -0.3 is 24.8 Å². The van der Waals surface area contributed by atoms with E-state index in [2.05, 4.69) is 25.7 Å². The Hall–Kier alpha value is -4.83. The normalized spacial score (nSPS) is 10.9. The Balaban J connectivity index is 1.30. The topological polar surface area (TPSA) is 112 Å². The van der Waals surface area contributed by atoms with Gasteiger partial charge in [0.25, 0.3) is 0 Å². The average molecular weight is 559 g/mol. The van der Waals surface area contributed by atoms with Gasteiger partial charge in [-0.15, -0.1) is 0 Å². The van der Waals surface area contributed by atoms with Crippen molar-refractivity contribution in [1.29, 1.82) is 0 Å². The fourth-order valence-corrected chi connectivity index (χ4v) is 4.09. The summed E-state index contributed by atoms with van der Waals surface area (Å²) in [6.07, 6.45) is 4.74. The number of fused-ring (bicyclic) bond motifs is 1. The number of ether oxygens (including phenoxy) is 3. The summed E-state index contributed by atoms with van der Waals surface area (Å²) in [5.41, 5.74) is 2.64. The molecule has 0 aliphatic heterocycles. The molecule has 0 saturated heterocycles. The number of rotatable bonds is 9. The van der Waals surface area contributed by atoms with Gasteiger partial charge in [-0.2, -0.15) is 5.10 Å². The largest absolute Gasteiger partial charge is 0.493 e. The third kappa shape index (κ3) is 6.24. The van der Waals surface area contributed by atoms with E-state index in [-0.39, 0.29) is 11.1 Å². The van der Waals surface area contributed by atoms with Crippen molar-refractivity contribution in [3.8, 4) is 23.1 Å². The molecule has 2 N–H and O–H groups in total. The summed E-state index contributed by atoms with van der Waals surface area (Å²) < 4.78 is 19.4. The summed E-state index contributed by atoms with van der Waals surface area (Å²) in [7, 11) is 1.57. The summed E-state index contributed by atoms with van der Waals surface area (Å²) in [5.74, 6) is 1.81. The number of anilines is 2. The zero-order chi connectivity index (χ0) is 28.1. The molecule has 0 radical (unpaired) electrons. The van der Waals surface area contributed by atoms with Gasteiger partial charge in [0.2, 0.25) is 5.88 Å². The summed E-state index contributed by atoms with van der Waals surface area (Å²) in [5, 5.41) is 10.6. The van der Waals surface area contributed by atoms with Gasteiger partial charge in [-0.25, -0.2) is 14.8 Å². The number of urea groups is 1. The number of amides is 2. The highest BCUT2D eigenvalue weighted by Gasteiger charge is 2.15. The second-order valence-electron chi connectivity index (χ2n) is 9.10. The van der Waals surface area contributed by atoms with Crippen LogP contribution in [0.2, 0.25) is 5.02 Å². The molecule has 3 aromatic carbocycles. The molecule has 0 saturated carbocycles. The molecule has 0 aliphatic carbocycles. The Bertz CT molecular complexity index is 1640. The molecule has 0 atom stereocenters. The number of nitrogens with zero attached hydrogens (tertiary/aromatic N) is 4. The first kappa shape index (κ1) is 26.8. The van der Waals surface area contributed by atoms with Crippen LogP contribution >= 0.6 is 11.6 Å². The number of carbonyl (C=O) groups is 1. The number of hydrogen-bond donors (Lipinski definition) is 2. The molecule has 0 bridgehead atoms. The zero-order valence-electron chi connectivity index (χ0n) is 22.1. The Kier molecular flexibility index (Phi) is 7.97. The molecule has 0 spiro atoms. The molecule has 5 aromatic rings. The molecule has 5 rings (SSSR count). The molecule has 2 heterocycles. The highest BCUT2D eigenvalue weighted by molar-refractivity contribution is 6.34. The third-order valence-electron chi connectivity index (χ3n) is 5.91. The summed E-state index contributed by atoms with van der Waals surface area (Å²) in [6.45, 7) is 4.38. The number of methoxy groups -OCH3 is 1. The van der Waals surface area contributed by atoms with Gasteiger partial charge in [-0.3, -0.25) is 4.68 Å². The number of nitrogens with one attached hydrogen (secondary N) is 2. The Morgan fingerprint density at radius 3 is 2.58 bits per heavy atom. The lowest BCUT2D eigenvalue weighted by atomic mass is 10.2. The Labute approximate surface area is 235 Å². The van der Waals surface area contributed by atoms with E-state index in [1.54, 1.807) is 54.5 Å². The van der Waals surface area contributed by atoms with E-state index in [4.69, 9.17) is 25.8 Å². The van der Waals surface area contributed by atoms with E-state index in [9.17, 15) is 4.79 Å². The SMILES string of the molecule is COc1cc2c(Oc3ccc(NC(=O)Nc4cnn(C(C)C)c4)c(Cl)c3)ncnc2cc1OCc1ccccc1.